The first-order valence-electron chi connectivity index (χ1n) is 5.65. The summed E-state index contributed by atoms with van der Waals surface area (Å²) >= 11 is 0. The van der Waals surface area contributed by atoms with Crippen molar-refractivity contribution in [3.05, 3.63) is 30.3 Å². The molecule has 0 aliphatic rings. The van der Waals surface area contributed by atoms with Crippen LogP contribution in [0.5, 0.6) is 0 Å². The second kappa shape index (κ2) is 6.64. The predicted octanol–water partition coefficient (Wildman–Crippen LogP) is 2.43. The Morgan fingerprint density at radius 1 is 1.17 bits per heavy atom. The number of benzene rings is 1. The summed E-state index contributed by atoms with van der Waals surface area (Å²) in [7, 11) is 1.20. The van der Waals surface area contributed by atoms with Crippen LogP contribution in [0, 0.1) is 5.92 Å². The van der Waals surface area contributed by atoms with Gasteiger partial charge in [0, 0.05) is 5.69 Å². The second-order valence-electron chi connectivity index (χ2n) is 4.09. The van der Waals surface area contributed by atoms with Gasteiger partial charge in [-0.15, -0.1) is 0 Å². The van der Waals surface area contributed by atoms with Gasteiger partial charge in [-0.3, -0.25) is 4.79 Å². The molecule has 0 saturated heterocycles. The van der Waals surface area contributed by atoms with Gasteiger partial charge in [0.25, 0.3) is 5.91 Å². The fourth-order valence-electron chi connectivity index (χ4n) is 1.38. The highest BCUT2D eigenvalue weighted by molar-refractivity contribution is 5.95. The number of carbonyl (C=O) groups is 2. The molecule has 0 radical (unpaired) electrons. The van der Waals surface area contributed by atoms with E-state index in [9.17, 15) is 9.59 Å². The van der Waals surface area contributed by atoms with Crippen LogP contribution >= 0.6 is 0 Å². The van der Waals surface area contributed by atoms with Crippen LogP contribution in [0.1, 0.15) is 13.8 Å². The van der Waals surface area contributed by atoms with E-state index in [4.69, 9.17) is 4.74 Å². The zero-order valence-corrected chi connectivity index (χ0v) is 10.7. The van der Waals surface area contributed by atoms with E-state index in [1.807, 2.05) is 6.07 Å². The Balaban J connectivity index is 2.68. The largest absolute Gasteiger partial charge is 0.508 e. The van der Waals surface area contributed by atoms with Crippen LogP contribution < -0.4 is 5.32 Å². The molecule has 5 nitrogen and oxygen atoms in total. The fraction of sp³-hybridized carbons (Fsp3) is 0.385. The number of rotatable bonds is 4. The minimum absolute atomic E-state index is 0.146. The van der Waals surface area contributed by atoms with Gasteiger partial charge in [-0.25, -0.2) is 4.79 Å². The Labute approximate surface area is 106 Å². The Bertz CT molecular complexity index is 403. The summed E-state index contributed by atoms with van der Waals surface area (Å²) < 4.78 is 9.31. The SMILES string of the molecule is COC(=O)OC(C(=O)Nc1ccccc1)C(C)C. The Hall–Kier alpha value is -2.04. The molecule has 0 aliphatic carbocycles. The third-order valence-electron chi connectivity index (χ3n) is 2.30. The van der Waals surface area contributed by atoms with E-state index in [1.165, 1.54) is 7.11 Å². The molecule has 1 amide bonds. The first-order chi connectivity index (χ1) is 8.54. The van der Waals surface area contributed by atoms with Crippen LogP contribution in [0.25, 0.3) is 0 Å². The lowest BCUT2D eigenvalue weighted by Gasteiger charge is -2.19. The summed E-state index contributed by atoms with van der Waals surface area (Å²) in [5.41, 5.74) is 0.654. The van der Waals surface area contributed by atoms with E-state index in [1.54, 1.807) is 38.1 Å². The van der Waals surface area contributed by atoms with Crippen molar-refractivity contribution in [2.45, 2.75) is 20.0 Å². The van der Waals surface area contributed by atoms with Crippen LogP contribution in [-0.4, -0.2) is 25.3 Å². The van der Waals surface area contributed by atoms with Gasteiger partial charge in [-0.05, 0) is 18.1 Å². The van der Waals surface area contributed by atoms with Crippen LogP contribution in [0.3, 0.4) is 0 Å². The highest BCUT2D eigenvalue weighted by atomic mass is 16.7. The topological polar surface area (TPSA) is 64.6 Å². The molecule has 0 fully saturated rings. The molecule has 98 valence electrons. The van der Waals surface area contributed by atoms with Crippen molar-refractivity contribution in [2.24, 2.45) is 5.92 Å². The summed E-state index contributed by atoms with van der Waals surface area (Å²) in [6.45, 7) is 3.58. The smallest absolute Gasteiger partial charge is 0.438 e. The molecule has 1 aromatic carbocycles. The first-order valence-corrected chi connectivity index (χ1v) is 5.65. The van der Waals surface area contributed by atoms with Crippen molar-refractivity contribution in [3.63, 3.8) is 0 Å². The van der Waals surface area contributed by atoms with Crippen LogP contribution in [0.4, 0.5) is 10.5 Å². The molecule has 1 N–H and O–H groups in total. The Morgan fingerprint density at radius 3 is 2.28 bits per heavy atom. The number of amides is 1. The molecular weight excluding hydrogens is 234 g/mol. The number of ether oxygens (including phenoxy) is 2. The maximum Gasteiger partial charge on any atom is 0.508 e. The molecular formula is C13H17NO4. The molecule has 0 bridgehead atoms. The average Bonchev–Trinajstić information content (AvgIpc) is 2.36. The number of para-hydroxylation sites is 1. The van der Waals surface area contributed by atoms with E-state index < -0.39 is 12.3 Å². The first kappa shape index (κ1) is 14.0. The standard InChI is InChI=1S/C13H17NO4/c1-9(2)11(18-13(16)17-3)12(15)14-10-7-5-4-6-8-10/h4-9,11H,1-3H3,(H,14,15). The molecule has 5 heteroatoms. The van der Waals surface area contributed by atoms with E-state index in [0.29, 0.717) is 5.69 Å². The van der Waals surface area contributed by atoms with Crippen molar-refractivity contribution in [1.82, 2.24) is 0 Å². The maximum absolute atomic E-state index is 12.0. The molecule has 0 aromatic heterocycles. The fourth-order valence-corrected chi connectivity index (χ4v) is 1.38. The zero-order valence-electron chi connectivity index (χ0n) is 10.7. The molecule has 0 saturated carbocycles. The normalized spacial score (nSPS) is 11.8. The van der Waals surface area contributed by atoms with Crippen molar-refractivity contribution in [3.8, 4) is 0 Å². The van der Waals surface area contributed by atoms with E-state index in [0.717, 1.165) is 0 Å². The Morgan fingerprint density at radius 2 is 1.78 bits per heavy atom. The lowest BCUT2D eigenvalue weighted by molar-refractivity contribution is -0.127. The third kappa shape index (κ3) is 4.08. The van der Waals surface area contributed by atoms with E-state index in [2.05, 4.69) is 10.1 Å². The molecule has 0 heterocycles. The zero-order chi connectivity index (χ0) is 13.5. The summed E-state index contributed by atoms with van der Waals surface area (Å²) in [4.78, 5) is 23.0. The lowest BCUT2D eigenvalue weighted by atomic mass is 10.1. The number of hydrogen-bond acceptors (Lipinski definition) is 4. The average molecular weight is 251 g/mol. The lowest BCUT2D eigenvalue weighted by Crippen LogP contribution is -2.36. The van der Waals surface area contributed by atoms with Gasteiger partial charge in [0.2, 0.25) is 0 Å². The molecule has 0 spiro atoms. The van der Waals surface area contributed by atoms with Gasteiger partial charge >= 0.3 is 6.16 Å². The summed E-state index contributed by atoms with van der Waals surface area (Å²) in [6.07, 6.45) is -1.74. The van der Waals surface area contributed by atoms with Crippen molar-refractivity contribution >= 4 is 17.7 Å². The molecule has 1 aromatic rings. The molecule has 0 aliphatic heterocycles. The molecule has 1 atom stereocenters. The van der Waals surface area contributed by atoms with E-state index >= 15 is 0 Å². The summed E-state index contributed by atoms with van der Waals surface area (Å²) in [5.74, 6) is -0.519. The molecule has 1 rings (SSSR count). The number of anilines is 1. The molecule has 18 heavy (non-hydrogen) atoms. The van der Waals surface area contributed by atoms with Gasteiger partial charge in [0.05, 0.1) is 7.11 Å². The van der Waals surface area contributed by atoms with Gasteiger partial charge in [-0.1, -0.05) is 32.0 Å². The van der Waals surface area contributed by atoms with Crippen molar-refractivity contribution in [2.75, 3.05) is 12.4 Å². The van der Waals surface area contributed by atoms with Crippen molar-refractivity contribution in [1.29, 1.82) is 0 Å². The predicted molar refractivity (Wildman–Crippen MR) is 67.2 cm³/mol. The minimum atomic E-state index is -0.877. The summed E-state index contributed by atoms with van der Waals surface area (Å²) in [6, 6.07) is 8.98. The number of carbonyl (C=O) groups excluding carboxylic acids is 2. The molecule has 1 unspecified atom stereocenters. The number of methoxy groups -OCH3 is 1. The number of nitrogens with one attached hydrogen (secondary N) is 1. The number of hydrogen-bond donors (Lipinski definition) is 1. The van der Waals surface area contributed by atoms with Crippen LogP contribution in [0.2, 0.25) is 0 Å². The minimum Gasteiger partial charge on any atom is -0.438 e. The van der Waals surface area contributed by atoms with Gasteiger partial charge in [0.15, 0.2) is 6.10 Å². The highest BCUT2D eigenvalue weighted by Crippen LogP contribution is 2.12. The van der Waals surface area contributed by atoms with Crippen molar-refractivity contribution < 1.29 is 19.1 Å². The quantitative estimate of drug-likeness (QED) is 0.835. The van der Waals surface area contributed by atoms with Crippen LogP contribution in [-0.2, 0) is 14.3 Å². The Kier molecular flexibility index (Phi) is 5.17. The van der Waals surface area contributed by atoms with Gasteiger partial charge in [0.1, 0.15) is 0 Å². The van der Waals surface area contributed by atoms with Crippen LogP contribution in [0.15, 0.2) is 30.3 Å². The van der Waals surface area contributed by atoms with Gasteiger partial charge in [-0.2, -0.15) is 0 Å². The highest BCUT2D eigenvalue weighted by Gasteiger charge is 2.26. The van der Waals surface area contributed by atoms with Gasteiger partial charge < -0.3 is 14.8 Å². The summed E-state index contributed by atoms with van der Waals surface area (Å²) in [5, 5.41) is 2.68. The van der Waals surface area contributed by atoms with E-state index in [-0.39, 0.29) is 11.8 Å². The monoisotopic (exact) mass is 251 g/mol. The second-order valence-corrected chi connectivity index (χ2v) is 4.09. The maximum atomic E-state index is 12.0. The third-order valence-corrected chi connectivity index (χ3v) is 2.30.